The number of amides is 2. The Morgan fingerprint density at radius 3 is 1.79 bits per heavy atom. The van der Waals surface area contributed by atoms with E-state index >= 15 is 0 Å². The standard InChI is InChI=1S/C39H47N9O2.2C6H6/c1-23(46(4)5)39(50)48-17-7-9-34(48)38-41-21-32(44-38)26-12-15-30-29(19-26)28-14-10-24-18-25(11-13-27(24)36(28)42-30)31-20-40-37(43-31)33-8-6-16-47(33)35(49)22-45(2)3;2*1-2-4-6-5-3-1/h11-13,15,18-21,23,33-34,42H,6-10,14,16-17,22H2,1-5H3,(H,40,43)(H,41,44);2*1-6H/t23-,33+,34+;;/m1../s1. The number of rotatable bonds is 8. The maximum atomic E-state index is 13.2. The molecule has 2 aliphatic heterocycles. The van der Waals surface area contributed by atoms with Crippen molar-refractivity contribution in [3.8, 4) is 33.8 Å². The van der Waals surface area contributed by atoms with Gasteiger partial charge in [0.25, 0.3) is 0 Å². The van der Waals surface area contributed by atoms with Crippen molar-refractivity contribution in [2.75, 3.05) is 47.8 Å². The van der Waals surface area contributed by atoms with Crippen LogP contribution in [-0.2, 0) is 22.4 Å². The van der Waals surface area contributed by atoms with Crippen LogP contribution >= 0.6 is 0 Å². The van der Waals surface area contributed by atoms with Crippen LogP contribution in [0.2, 0.25) is 0 Å². The lowest BCUT2D eigenvalue weighted by Crippen LogP contribution is -2.44. The van der Waals surface area contributed by atoms with E-state index in [2.05, 4.69) is 51.4 Å². The summed E-state index contributed by atoms with van der Waals surface area (Å²) in [6, 6.07) is 37.1. The summed E-state index contributed by atoms with van der Waals surface area (Å²) in [5.74, 6) is 2.04. The fourth-order valence-electron chi connectivity index (χ4n) is 8.94. The molecule has 4 aromatic carbocycles. The number of carbonyl (C=O) groups excluding carboxylic acids is 2. The molecule has 320 valence electrons. The van der Waals surface area contributed by atoms with Gasteiger partial charge >= 0.3 is 0 Å². The third-order valence-corrected chi connectivity index (χ3v) is 12.4. The summed E-state index contributed by atoms with van der Waals surface area (Å²) >= 11 is 0. The van der Waals surface area contributed by atoms with Gasteiger partial charge in [-0.25, -0.2) is 9.97 Å². The minimum Gasteiger partial charge on any atom is -0.354 e. The first-order valence-electron chi connectivity index (χ1n) is 22.0. The summed E-state index contributed by atoms with van der Waals surface area (Å²) in [5.41, 5.74) is 10.4. The van der Waals surface area contributed by atoms with Crippen molar-refractivity contribution in [1.82, 2.24) is 44.5 Å². The molecule has 3 aliphatic rings. The molecule has 0 saturated carbocycles. The van der Waals surface area contributed by atoms with Crippen LogP contribution in [0.4, 0.5) is 0 Å². The summed E-state index contributed by atoms with van der Waals surface area (Å²) in [4.78, 5) is 54.3. The van der Waals surface area contributed by atoms with E-state index in [0.29, 0.717) is 6.54 Å². The van der Waals surface area contributed by atoms with E-state index in [1.54, 1.807) is 0 Å². The fourth-order valence-corrected chi connectivity index (χ4v) is 8.94. The number of benzene rings is 4. The molecule has 10 rings (SSSR count). The Labute approximate surface area is 365 Å². The number of hydrogen-bond donors (Lipinski definition) is 3. The van der Waals surface area contributed by atoms with Gasteiger partial charge in [-0.3, -0.25) is 14.5 Å². The highest BCUT2D eigenvalue weighted by atomic mass is 16.2. The highest BCUT2D eigenvalue weighted by Gasteiger charge is 2.35. The van der Waals surface area contributed by atoms with Crippen molar-refractivity contribution in [2.45, 2.75) is 63.6 Å². The third kappa shape index (κ3) is 9.29. The summed E-state index contributed by atoms with van der Waals surface area (Å²) in [7, 11) is 7.76. The smallest absolute Gasteiger partial charge is 0.240 e. The Balaban J connectivity index is 0.000000381. The predicted octanol–water partition coefficient (Wildman–Crippen LogP) is 8.93. The molecule has 2 saturated heterocycles. The van der Waals surface area contributed by atoms with Gasteiger partial charge in [0.1, 0.15) is 11.6 Å². The molecule has 3 atom stereocenters. The second-order valence-electron chi connectivity index (χ2n) is 17.1. The van der Waals surface area contributed by atoms with Gasteiger partial charge in [-0.1, -0.05) is 91.0 Å². The monoisotopic (exact) mass is 829 g/mol. The number of imidazole rings is 2. The maximum Gasteiger partial charge on any atom is 0.240 e. The van der Waals surface area contributed by atoms with Crippen molar-refractivity contribution in [2.24, 2.45) is 0 Å². The Morgan fingerprint density at radius 1 is 0.694 bits per heavy atom. The van der Waals surface area contributed by atoms with Crippen molar-refractivity contribution >= 4 is 22.7 Å². The molecule has 7 aromatic rings. The first kappa shape index (κ1) is 42.4. The third-order valence-electron chi connectivity index (χ3n) is 12.4. The lowest BCUT2D eigenvalue weighted by atomic mass is 9.87. The zero-order chi connectivity index (χ0) is 43.2. The molecule has 0 bridgehead atoms. The van der Waals surface area contributed by atoms with Gasteiger partial charge in [0.05, 0.1) is 48.5 Å². The van der Waals surface area contributed by atoms with E-state index < -0.39 is 0 Å². The molecular weight excluding hydrogens is 771 g/mol. The molecule has 3 aromatic heterocycles. The lowest BCUT2D eigenvalue weighted by Gasteiger charge is -2.29. The lowest BCUT2D eigenvalue weighted by molar-refractivity contribution is -0.136. The minimum absolute atomic E-state index is 0.000484. The number of nitrogens with zero attached hydrogens (tertiary/aromatic N) is 6. The number of nitrogens with one attached hydrogen (secondary N) is 3. The van der Waals surface area contributed by atoms with Crippen LogP contribution in [0.1, 0.15) is 67.5 Å². The molecule has 2 fully saturated rings. The number of aromatic nitrogens is 5. The summed E-state index contributed by atoms with van der Waals surface area (Å²) in [5, 5.41) is 1.24. The predicted molar refractivity (Wildman–Crippen MR) is 248 cm³/mol. The Morgan fingerprint density at radius 2 is 1.23 bits per heavy atom. The van der Waals surface area contributed by atoms with E-state index in [4.69, 9.17) is 9.97 Å². The van der Waals surface area contributed by atoms with Crippen molar-refractivity contribution in [1.29, 1.82) is 0 Å². The van der Waals surface area contributed by atoms with Gasteiger partial charge in [0, 0.05) is 40.8 Å². The van der Waals surface area contributed by atoms with Crippen LogP contribution in [0.25, 0.3) is 44.7 Å². The zero-order valence-corrected chi connectivity index (χ0v) is 36.6. The van der Waals surface area contributed by atoms with Crippen LogP contribution in [0.5, 0.6) is 0 Å². The van der Waals surface area contributed by atoms with Crippen LogP contribution in [0.15, 0.2) is 122 Å². The summed E-state index contributed by atoms with van der Waals surface area (Å²) in [6.45, 7) is 3.92. The van der Waals surface area contributed by atoms with E-state index in [1.807, 2.05) is 140 Å². The molecule has 0 radical (unpaired) electrons. The molecule has 0 unspecified atom stereocenters. The first-order valence-corrected chi connectivity index (χ1v) is 22.0. The molecule has 0 spiro atoms. The Hall–Kier alpha value is -6.30. The fraction of sp³-hybridized carbons (Fsp3) is 0.333. The second-order valence-corrected chi connectivity index (χ2v) is 17.1. The highest BCUT2D eigenvalue weighted by Crippen LogP contribution is 2.41. The van der Waals surface area contributed by atoms with Gasteiger partial charge in [-0.15, -0.1) is 0 Å². The van der Waals surface area contributed by atoms with E-state index in [9.17, 15) is 9.59 Å². The number of carbonyl (C=O) groups is 2. The van der Waals surface area contributed by atoms with E-state index in [0.717, 1.165) is 91.3 Å². The number of fused-ring (bicyclic) bond motifs is 5. The quantitative estimate of drug-likeness (QED) is 0.141. The molecule has 2 amide bonds. The van der Waals surface area contributed by atoms with E-state index in [-0.39, 0.29) is 29.9 Å². The van der Waals surface area contributed by atoms with Crippen LogP contribution in [0, 0.1) is 0 Å². The molecule has 11 heteroatoms. The second kappa shape index (κ2) is 19.2. The van der Waals surface area contributed by atoms with Gasteiger partial charge in [-0.05, 0) is 109 Å². The van der Waals surface area contributed by atoms with Gasteiger partial charge < -0.3 is 29.7 Å². The average Bonchev–Trinajstić information content (AvgIpc) is 4.16. The molecule has 1 aliphatic carbocycles. The number of aromatic amines is 3. The van der Waals surface area contributed by atoms with Gasteiger partial charge in [0.2, 0.25) is 11.8 Å². The molecular formula is C51H59N9O2. The normalized spacial score (nSPS) is 17.3. The maximum absolute atomic E-state index is 13.2. The number of likely N-dealkylation sites (tertiary alicyclic amines) is 2. The van der Waals surface area contributed by atoms with Gasteiger partial charge in [-0.2, -0.15) is 0 Å². The highest BCUT2D eigenvalue weighted by molar-refractivity contribution is 5.95. The average molecular weight is 830 g/mol. The Bertz CT molecular complexity index is 2490. The summed E-state index contributed by atoms with van der Waals surface area (Å²) in [6.07, 6.45) is 9.56. The molecule has 3 N–H and O–H groups in total. The number of likely N-dealkylation sites (N-methyl/N-ethyl adjacent to an activating group) is 2. The minimum atomic E-state index is -0.165. The molecule has 62 heavy (non-hydrogen) atoms. The number of H-pyrrole nitrogens is 3. The SMILES string of the molecule is C[C@H](C(=O)N1CCC[C@H]1c1ncc(-c2ccc3[nH]c4c(c3c2)CCc2cc(-c3cnc([C@@H]5CCCN5C(=O)CN(C)C)[nH]3)ccc2-4)[nH]1)N(C)C.c1ccccc1.c1ccccc1. The van der Waals surface area contributed by atoms with Crippen LogP contribution < -0.4 is 0 Å². The van der Waals surface area contributed by atoms with Crippen molar-refractivity contribution < 1.29 is 9.59 Å². The largest absolute Gasteiger partial charge is 0.354 e. The van der Waals surface area contributed by atoms with Crippen LogP contribution in [-0.4, -0.2) is 110 Å². The zero-order valence-electron chi connectivity index (χ0n) is 36.6. The van der Waals surface area contributed by atoms with Crippen molar-refractivity contribution in [3.63, 3.8) is 0 Å². The van der Waals surface area contributed by atoms with Crippen molar-refractivity contribution in [3.05, 3.63) is 144 Å². The van der Waals surface area contributed by atoms with Gasteiger partial charge in [0.15, 0.2) is 0 Å². The number of hydrogen-bond acceptors (Lipinski definition) is 6. The Kier molecular flexibility index (Phi) is 13.1. The number of aryl methyl sites for hydroxylation is 2. The summed E-state index contributed by atoms with van der Waals surface area (Å²) < 4.78 is 0. The first-order chi connectivity index (χ1) is 30.2. The van der Waals surface area contributed by atoms with E-state index in [1.165, 1.54) is 27.8 Å². The van der Waals surface area contributed by atoms with Crippen LogP contribution in [0.3, 0.4) is 0 Å². The molecule has 11 nitrogen and oxygen atoms in total. The topological polar surface area (TPSA) is 120 Å². The molecule has 5 heterocycles.